The van der Waals surface area contributed by atoms with Gasteiger partial charge in [0.15, 0.2) is 0 Å². The van der Waals surface area contributed by atoms with E-state index in [9.17, 15) is 0 Å². The molecule has 0 aliphatic carbocycles. The van der Waals surface area contributed by atoms with E-state index < -0.39 is 0 Å². The van der Waals surface area contributed by atoms with Crippen LogP contribution in [0.5, 0.6) is 5.75 Å². The van der Waals surface area contributed by atoms with Crippen LogP contribution in [0.1, 0.15) is 58.9 Å². The number of hydrogen-bond donors (Lipinski definition) is 1. The largest absolute Gasteiger partial charge is 0.494 e. The summed E-state index contributed by atoms with van der Waals surface area (Å²) < 4.78 is 5.76. The van der Waals surface area contributed by atoms with Gasteiger partial charge in [0, 0.05) is 0 Å². The maximum absolute atomic E-state index is 5.76. The van der Waals surface area contributed by atoms with Gasteiger partial charge in [-0.05, 0) is 57.2 Å². The fourth-order valence-electron chi connectivity index (χ4n) is 1.92. The first-order valence-electron chi connectivity index (χ1n) is 7.45. The number of nitrogens with two attached hydrogens (primary N) is 1. The number of benzene rings is 1. The van der Waals surface area contributed by atoms with E-state index in [4.69, 9.17) is 4.74 Å². The van der Waals surface area contributed by atoms with Gasteiger partial charge in [0.25, 0.3) is 0 Å². The summed E-state index contributed by atoms with van der Waals surface area (Å²) in [6, 6.07) is 8.48. The monoisotopic (exact) mass is 264 g/mol. The van der Waals surface area contributed by atoms with Gasteiger partial charge < -0.3 is 10.1 Å². The summed E-state index contributed by atoms with van der Waals surface area (Å²) >= 11 is 0. The molecule has 0 aromatic heterocycles. The summed E-state index contributed by atoms with van der Waals surface area (Å²) in [5.41, 5.74) is 1.71. The molecule has 2 nitrogen and oxygen atoms in total. The predicted molar refractivity (Wildman–Crippen MR) is 81.8 cm³/mol. The first-order valence-corrected chi connectivity index (χ1v) is 7.45. The Bertz CT molecular complexity index is 349. The molecular formula is C17H30NO+. The van der Waals surface area contributed by atoms with Gasteiger partial charge in [-0.2, -0.15) is 0 Å². The molecule has 0 aliphatic rings. The fraction of sp³-hybridized carbons (Fsp3) is 0.647. The zero-order valence-corrected chi connectivity index (χ0v) is 13.2. The Labute approximate surface area is 118 Å². The summed E-state index contributed by atoms with van der Waals surface area (Å²) in [7, 11) is 0. The quantitative estimate of drug-likeness (QED) is 0.751. The Morgan fingerprint density at radius 3 is 2.21 bits per heavy atom. The molecule has 19 heavy (non-hydrogen) atoms. The summed E-state index contributed by atoms with van der Waals surface area (Å²) in [4.78, 5) is 0. The van der Waals surface area contributed by atoms with Crippen LogP contribution < -0.4 is 10.1 Å². The average molecular weight is 264 g/mol. The molecule has 0 saturated carbocycles. The number of quaternary nitrogens is 1. The van der Waals surface area contributed by atoms with E-state index >= 15 is 0 Å². The molecule has 0 fully saturated rings. The van der Waals surface area contributed by atoms with Crippen molar-refractivity contribution in [3.63, 3.8) is 0 Å². The minimum absolute atomic E-state index is 0.341. The summed E-state index contributed by atoms with van der Waals surface area (Å²) in [5, 5.41) is 2.39. The van der Waals surface area contributed by atoms with Crippen LogP contribution >= 0.6 is 0 Å². The van der Waals surface area contributed by atoms with Gasteiger partial charge in [-0.3, -0.25) is 0 Å². The van der Waals surface area contributed by atoms with Crippen LogP contribution in [0.3, 0.4) is 0 Å². The molecule has 0 unspecified atom stereocenters. The van der Waals surface area contributed by atoms with E-state index in [0.29, 0.717) is 11.5 Å². The molecule has 1 rings (SSSR count). The zero-order chi connectivity index (χ0) is 14.3. The van der Waals surface area contributed by atoms with Crippen LogP contribution in [0.2, 0.25) is 0 Å². The molecule has 1 aromatic carbocycles. The Morgan fingerprint density at radius 2 is 1.68 bits per heavy atom. The second-order valence-electron chi connectivity index (χ2n) is 6.64. The fourth-order valence-corrected chi connectivity index (χ4v) is 1.92. The second-order valence-corrected chi connectivity index (χ2v) is 6.64. The summed E-state index contributed by atoms with van der Waals surface area (Å²) in [5.74, 6) is 1.58. The standard InChI is InChI=1S/C17H29NO/c1-14(2)15-8-10-16(11-9-15)19-13-7-6-12-18-17(3,4)5/h8-11,14,18H,6-7,12-13H2,1-5H3/p+1. The Morgan fingerprint density at radius 1 is 1.05 bits per heavy atom. The van der Waals surface area contributed by atoms with Crippen molar-refractivity contribution >= 4 is 0 Å². The second kappa shape index (κ2) is 7.54. The van der Waals surface area contributed by atoms with Crippen molar-refractivity contribution in [2.24, 2.45) is 0 Å². The molecule has 108 valence electrons. The van der Waals surface area contributed by atoms with E-state index in [1.54, 1.807) is 0 Å². The van der Waals surface area contributed by atoms with Crippen LogP contribution in [-0.2, 0) is 0 Å². The van der Waals surface area contributed by atoms with Crippen molar-refractivity contribution in [1.29, 1.82) is 0 Å². The highest BCUT2D eigenvalue weighted by atomic mass is 16.5. The molecule has 0 atom stereocenters. The number of hydrogen-bond acceptors (Lipinski definition) is 1. The topological polar surface area (TPSA) is 25.8 Å². The van der Waals surface area contributed by atoms with Gasteiger partial charge in [-0.15, -0.1) is 0 Å². The zero-order valence-electron chi connectivity index (χ0n) is 13.2. The maximum Gasteiger partial charge on any atom is 0.119 e. The third kappa shape index (κ3) is 7.22. The molecule has 0 bridgehead atoms. The molecule has 0 heterocycles. The van der Waals surface area contributed by atoms with Crippen molar-refractivity contribution in [3.8, 4) is 5.75 Å². The van der Waals surface area contributed by atoms with Gasteiger partial charge >= 0.3 is 0 Å². The van der Waals surface area contributed by atoms with Gasteiger partial charge in [0.05, 0.1) is 18.7 Å². The highest BCUT2D eigenvalue weighted by Gasteiger charge is 2.11. The third-order valence-corrected chi connectivity index (χ3v) is 3.17. The smallest absolute Gasteiger partial charge is 0.119 e. The first kappa shape index (κ1) is 16.0. The Kier molecular flexibility index (Phi) is 6.36. The number of ether oxygens (including phenoxy) is 1. The van der Waals surface area contributed by atoms with Crippen molar-refractivity contribution < 1.29 is 10.1 Å². The van der Waals surface area contributed by atoms with Crippen LogP contribution in [-0.4, -0.2) is 18.7 Å². The van der Waals surface area contributed by atoms with Gasteiger partial charge in [-0.1, -0.05) is 26.0 Å². The molecular weight excluding hydrogens is 234 g/mol. The van der Waals surface area contributed by atoms with Crippen LogP contribution in [0.25, 0.3) is 0 Å². The van der Waals surface area contributed by atoms with Gasteiger partial charge in [0.1, 0.15) is 5.75 Å². The van der Waals surface area contributed by atoms with Crippen LogP contribution in [0, 0.1) is 0 Å². The highest BCUT2D eigenvalue weighted by Crippen LogP contribution is 2.18. The lowest BCUT2D eigenvalue weighted by Gasteiger charge is -2.16. The third-order valence-electron chi connectivity index (χ3n) is 3.17. The van der Waals surface area contributed by atoms with E-state index in [0.717, 1.165) is 18.8 Å². The minimum atomic E-state index is 0.341. The van der Waals surface area contributed by atoms with Crippen molar-refractivity contribution in [2.45, 2.75) is 58.9 Å². The number of rotatable bonds is 7. The Balaban J connectivity index is 2.16. The maximum atomic E-state index is 5.76. The van der Waals surface area contributed by atoms with Gasteiger partial charge in [0.2, 0.25) is 0 Å². The van der Waals surface area contributed by atoms with Crippen LogP contribution in [0.4, 0.5) is 0 Å². The van der Waals surface area contributed by atoms with Crippen LogP contribution in [0.15, 0.2) is 24.3 Å². The predicted octanol–water partition coefficient (Wildman–Crippen LogP) is 3.33. The van der Waals surface area contributed by atoms with Crippen molar-refractivity contribution in [1.82, 2.24) is 0 Å². The van der Waals surface area contributed by atoms with E-state index in [2.05, 4.69) is 64.2 Å². The summed E-state index contributed by atoms with van der Waals surface area (Å²) in [6.07, 6.45) is 2.33. The molecule has 1 aromatic rings. The number of unbranched alkanes of at least 4 members (excludes halogenated alkanes) is 1. The SMILES string of the molecule is CC(C)c1ccc(OCCCC[NH2+]C(C)(C)C)cc1. The molecule has 0 radical (unpaired) electrons. The lowest BCUT2D eigenvalue weighted by molar-refractivity contribution is -0.717. The molecule has 2 N–H and O–H groups in total. The molecule has 0 saturated heterocycles. The highest BCUT2D eigenvalue weighted by molar-refractivity contribution is 5.28. The van der Waals surface area contributed by atoms with E-state index in [1.165, 1.54) is 18.5 Å². The lowest BCUT2D eigenvalue weighted by Crippen LogP contribution is -2.94. The summed E-state index contributed by atoms with van der Waals surface area (Å²) in [6.45, 7) is 13.2. The van der Waals surface area contributed by atoms with Gasteiger partial charge in [-0.25, -0.2) is 0 Å². The Hall–Kier alpha value is -1.02. The van der Waals surface area contributed by atoms with Crippen molar-refractivity contribution in [3.05, 3.63) is 29.8 Å². The van der Waals surface area contributed by atoms with Crippen molar-refractivity contribution in [2.75, 3.05) is 13.2 Å². The molecule has 0 spiro atoms. The average Bonchev–Trinajstić information content (AvgIpc) is 2.33. The van der Waals surface area contributed by atoms with E-state index in [1.807, 2.05) is 0 Å². The lowest BCUT2D eigenvalue weighted by atomic mass is 10.0. The first-order chi connectivity index (χ1) is 8.88. The minimum Gasteiger partial charge on any atom is -0.494 e. The van der Waals surface area contributed by atoms with E-state index in [-0.39, 0.29) is 0 Å². The molecule has 0 amide bonds. The normalized spacial score (nSPS) is 11.9. The molecule has 0 aliphatic heterocycles. The molecule has 2 heteroatoms.